The van der Waals surface area contributed by atoms with E-state index in [2.05, 4.69) is 10.6 Å². The van der Waals surface area contributed by atoms with Crippen LogP contribution in [0.15, 0.2) is 48.5 Å². The summed E-state index contributed by atoms with van der Waals surface area (Å²) in [6.45, 7) is 2.40. The Hall–Kier alpha value is -2.86. The molecular weight excluding hydrogens is 378 g/mol. The maximum atomic E-state index is 12.3. The maximum absolute atomic E-state index is 12.3. The molecule has 2 N–H and O–H groups in total. The van der Waals surface area contributed by atoms with Crippen LogP contribution in [0.1, 0.15) is 41.7 Å². The van der Waals surface area contributed by atoms with Crippen molar-refractivity contribution in [3.63, 3.8) is 0 Å². The number of carbonyl (C=O) groups is 3. The van der Waals surface area contributed by atoms with Gasteiger partial charge in [-0.15, -0.1) is 0 Å². The molecule has 28 heavy (non-hydrogen) atoms. The topological polar surface area (TPSA) is 78.5 Å². The summed E-state index contributed by atoms with van der Waals surface area (Å²) in [4.78, 5) is 37.9. The highest BCUT2D eigenvalue weighted by Gasteiger charge is 2.21. The molecule has 0 unspecified atom stereocenters. The summed E-state index contributed by atoms with van der Waals surface area (Å²) >= 11 is 6.13. The first kappa shape index (κ1) is 19.9. The van der Waals surface area contributed by atoms with Crippen molar-refractivity contribution in [3.8, 4) is 0 Å². The fourth-order valence-electron chi connectivity index (χ4n) is 3.17. The summed E-state index contributed by atoms with van der Waals surface area (Å²) in [5.41, 5.74) is 2.03. The van der Waals surface area contributed by atoms with Crippen LogP contribution in [0, 0.1) is 0 Å². The molecule has 3 amide bonds. The third kappa shape index (κ3) is 4.70. The van der Waals surface area contributed by atoms with E-state index >= 15 is 0 Å². The number of carbonyl (C=O) groups excluding carboxylic acids is 3. The Balaban J connectivity index is 1.51. The molecule has 1 atom stereocenters. The molecule has 0 aromatic heterocycles. The van der Waals surface area contributed by atoms with E-state index in [-0.39, 0.29) is 30.3 Å². The van der Waals surface area contributed by atoms with Gasteiger partial charge >= 0.3 is 0 Å². The van der Waals surface area contributed by atoms with Gasteiger partial charge in [0.25, 0.3) is 5.91 Å². The minimum atomic E-state index is -0.347. The molecule has 0 spiro atoms. The van der Waals surface area contributed by atoms with E-state index < -0.39 is 0 Å². The van der Waals surface area contributed by atoms with Crippen molar-refractivity contribution in [2.24, 2.45) is 0 Å². The number of rotatable bonds is 6. The minimum Gasteiger partial charge on any atom is -0.348 e. The van der Waals surface area contributed by atoms with Gasteiger partial charge in [-0.2, -0.15) is 0 Å². The first-order chi connectivity index (χ1) is 13.5. The zero-order valence-corrected chi connectivity index (χ0v) is 16.3. The molecule has 7 heteroatoms. The van der Waals surface area contributed by atoms with Gasteiger partial charge in [-0.3, -0.25) is 14.4 Å². The van der Waals surface area contributed by atoms with Gasteiger partial charge in [-0.1, -0.05) is 29.8 Å². The summed E-state index contributed by atoms with van der Waals surface area (Å²) in [7, 11) is 0. The highest BCUT2D eigenvalue weighted by Crippen LogP contribution is 2.22. The van der Waals surface area contributed by atoms with E-state index in [9.17, 15) is 14.4 Å². The lowest BCUT2D eigenvalue weighted by Crippen LogP contribution is -2.38. The normalized spacial score (nSPS) is 14.6. The van der Waals surface area contributed by atoms with Gasteiger partial charge in [-0.05, 0) is 49.2 Å². The van der Waals surface area contributed by atoms with Crippen LogP contribution in [0.25, 0.3) is 0 Å². The van der Waals surface area contributed by atoms with E-state index in [1.807, 2.05) is 25.1 Å². The highest BCUT2D eigenvalue weighted by atomic mass is 35.5. The minimum absolute atomic E-state index is 0.0986. The third-order valence-corrected chi connectivity index (χ3v) is 5.02. The Labute approximate surface area is 168 Å². The second-order valence-corrected chi connectivity index (χ2v) is 7.10. The lowest BCUT2D eigenvalue weighted by atomic mass is 10.1. The Morgan fingerprint density at radius 2 is 1.86 bits per heavy atom. The average Bonchev–Trinajstić information content (AvgIpc) is 3.12. The van der Waals surface area contributed by atoms with Crippen LogP contribution < -0.4 is 15.5 Å². The number of hydrogen-bond acceptors (Lipinski definition) is 3. The zero-order chi connectivity index (χ0) is 20.1. The van der Waals surface area contributed by atoms with Crippen LogP contribution in [0.3, 0.4) is 0 Å². The molecule has 2 aromatic rings. The van der Waals surface area contributed by atoms with Crippen LogP contribution in [0.4, 0.5) is 5.69 Å². The molecule has 146 valence electrons. The molecule has 0 saturated carbocycles. The second-order valence-electron chi connectivity index (χ2n) is 6.69. The van der Waals surface area contributed by atoms with Crippen molar-refractivity contribution in [1.82, 2.24) is 10.6 Å². The summed E-state index contributed by atoms with van der Waals surface area (Å²) < 4.78 is 0. The summed E-state index contributed by atoms with van der Waals surface area (Å²) in [5.74, 6) is -0.554. The van der Waals surface area contributed by atoms with Gasteiger partial charge in [-0.25, -0.2) is 0 Å². The first-order valence-electron chi connectivity index (χ1n) is 9.18. The quantitative estimate of drug-likeness (QED) is 0.783. The summed E-state index contributed by atoms with van der Waals surface area (Å²) in [5, 5.41) is 6.00. The molecule has 1 aliphatic rings. The maximum Gasteiger partial charge on any atom is 0.251 e. The van der Waals surface area contributed by atoms with Gasteiger partial charge < -0.3 is 15.5 Å². The van der Waals surface area contributed by atoms with Crippen LogP contribution in [-0.4, -0.2) is 30.8 Å². The summed E-state index contributed by atoms with van der Waals surface area (Å²) in [6.07, 6.45) is 1.41. The molecule has 6 nitrogen and oxygen atoms in total. The molecule has 3 rings (SSSR count). The van der Waals surface area contributed by atoms with Gasteiger partial charge in [0.15, 0.2) is 0 Å². The number of hydrogen-bond donors (Lipinski definition) is 2. The van der Waals surface area contributed by atoms with E-state index in [1.54, 1.807) is 35.2 Å². The Bertz CT molecular complexity index is 883. The lowest BCUT2D eigenvalue weighted by Gasteiger charge is -2.16. The number of amides is 3. The molecule has 0 radical (unpaired) electrons. The van der Waals surface area contributed by atoms with Crippen molar-refractivity contribution in [2.45, 2.75) is 25.8 Å². The van der Waals surface area contributed by atoms with Crippen molar-refractivity contribution in [1.29, 1.82) is 0 Å². The van der Waals surface area contributed by atoms with Gasteiger partial charge in [0, 0.05) is 29.2 Å². The van der Waals surface area contributed by atoms with Gasteiger partial charge in [0.2, 0.25) is 11.8 Å². The third-order valence-electron chi connectivity index (χ3n) is 4.67. The molecule has 1 heterocycles. The molecule has 2 aromatic carbocycles. The predicted octanol–water partition coefficient (Wildman–Crippen LogP) is 3.07. The van der Waals surface area contributed by atoms with E-state index in [1.165, 1.54) is 0 Å². The molecule has 0 bridgehead atoms. The largest absolute Gasteiger partial charge is 0.348 e. The number of benzene rings is 2. The van der Waals surface area contributed by atoms with Crippen LogP contribution in [0.2, 0.25) is 5.02 Å². The molecule has 0 aliphatic carbocycles. The fraction of sp³-hybridized carbons (Fsp3) is 0.286. The average molecular weight is 400 g/mol. The zero-order valence-electron chi connectivity index (χ0n) is 15.6. The van der Waals surface area contributed by atoms with Crippen LogP contribution in [0.5, 0.6) is 0 Å². The van der Waals surface area contributed by atoms with Crippen LogP contribution in [-0.2, 0) is 9.59 Å². The predicted molar refractivity (Wildman–Crippen MR) is 108 cm³/mol. The van der Waals surface area contributed by atoms with Gasteiger partial charge in [0.1, 0.15) is 0 Å². The molecule has 1 saturated heterocycles. The Morgan fingerprint density at radius 1 is 1.14 bits per heavy atom. The monoisotopic (exact) mass is 399 g/mol. The van der Waals surface area contributed by atoms with Crippen molar-refractivity contribution >= 4 is 35.0 Å². The summed E-state index contributed by atoms with van der Waals surface area (Å²) in [6, 6.07) is 13.8. The van der Waals surface area contributed by atoms with Crippen molar-refractivity contribution in [3.05, 3.63) is 64.7 Å². The highest BCUT2D eigenvalue weighted by molar-refractivity contribution is 6.31. The smallest absolute Gasteiger partial charge is 0.251 e. The van der Waals surface area contributed by atoms with Crippen LogP contribution >= 0.6 is 11.6 Å². The molecule has 1 fully saturated rings. The molecular formula is C21H22ClN3O3. The van der Waals surface area contributed by atoms with Crippen molar-refractivity contribution < 1.29 is 14.4 Å². The fourth-order valence-corrected chi connectivity index (χ4v) is 3.47. The van der Waals surface area contributed by atoms with Gasteiger partial charge in [0.05, 0.1) is 12.6 Å². The Morgan fingerprint density at radius 3 is 2.50 bits per heavy atom. The number of nitrogens with zero attached hydrogens (tertiary/aromatic N) is 1. The number of anilines is 1. The van der Waals surface area contributed by atoms with E-state index in [0.29, 0.717) is 23.6 Å². The lowest BCUT2D eigenvalue weighted by molar-refractivity contribution is -0.120. The number of halogens is 1. The second kappa shape index (κ2) is 8.89. The number of nitrogens with one attached hydrogen (secondary N) is 2. The van der Waals surface area contributed by atoms with E-state index in [4.69, 9.17) is 11.6 Å². The SMILES string of the molecule is C[C@@H](NC(=O)CNC(=O)c1ccc(N2CCCC2=O)cc1)c1ccccc1Cl. The first-order valence-corrected chi connectivity index (χ1v) is 9.56. The Kier molecular flexibility index (Phi) is 6.31. The molecule has 1 aliphatic heterocycles. The standard InChI is InChI=1S/C21H22ClN3O3/c1-14(17-5-2-3-6-18(17)22)24-19(26)13-23-21(28)15-8-10-16(11-9-15)25-12-4-7-20(25)27/h2-3,5-6,8-11,14H,4,7,12-13H2,1H3,(H,23,28)(H,24,26)/t14-/m1/s1. The van der Waals surface area contributed by atoms with Crippen molar-refractivity contribution in [2.75, 3.05) is 18.0 Å². The van der Waals surface area contributed by atoms with E-state index in [0.717, 1.165) is 17.7 Å².